The summed E-state index contributed by atoms with van der Waals surface area (Å²) >= 11 is 0. The third kappa shape index (κ3) is 3.35. The molecule has 5 nitrogen and oxygen atoms in total. The van der Waals surface area contributed by atoms with E-state index in [9.17, 15) is 10.1 Å². The van der Waals surface area contributed by atoms with Gasteiger partial charge in [-0.15, -0.1) is 0 Å². The van der Waals surface area contributed by atoms with Crippen LogP contribution in [0.15, 0.2) is 18.2 Å². The first-order valence-electron chi connectivity index (χ1n) is 6.21. The summed E-state index contributed by atoms with van der Waals surface area (Å²) in [7, 11) is 1.44. The molecule has 0 aliphatic rings. The number of anilines is 1. The molecule has 18 heavy (non-hydrogen) atoms. The molecule has 0 saturated heterocycles. The van der Waals surface area contributed by atoms with Gasteiger partial charge in [0, 0.05) is 6.04 Å². The first kappa shape index (κ1) is 14.3. The lowest BCUT2D eigenvalue weighted by Gasteiger charge is -2.18. The summed E-state index contributed by atoms with van der Waals surface area (Å²) in [5, 5.41) is 14.3. The van der Waals surface area contributed by atoms with Crippen molar-refractivity contribution in [2.45, 2.75) is 39.2 Å². The Balaban J connectivity index is 3.03. The van der Waals surface area contributed by atoms with E-state index in [0.717, 1.165) is 19.3 Å². The second kappa shape index (κ2) is 6.83. The predicted molar refractivity (Wildman–Crippen MR) is 72.3 cm³/mol. The summed E-state index contributed by atoms with van der Waals surface area (Å²) in [6.07, 6.45) is 2.97. The zero-order valence-corrected chi connectivity index (χ0v) is 11.1. The zero-order chi connectivity index (χ0) is 13.5. The Kier molecular flexibility index (Phi) is 5.42. The van der Waals surface area contributed by atoms with E-state index >= 15 is 0 Å². The van der Waals surface area contributed by atoms with Crippen LogP contribution in [-0.2, 0) is 0 Å². The number of nitro benzene ring substituents is 1. The van der Waals surface area contributed by atoms with Gasteiger partial charge < -0.3 is 10.1 Å². The van der Waals surface area contributed by atoms with Gasteiger partial charge in [-0.05, 0) is 25.0 Å². The maximum Gasteiger partial charge on any atom is 0.333 e. The topological polar surface area (TPSA) is 64.4 Å². The highest BCUT2D eigenvalue weighted by Crippen LogP contribution is 2.35. The van der Waals surface area contributed by atoms with E-state index < -0.39 is 4.92 Å². The molecule has 1 aromatic rings. The molecule has 1 unspecified atom stereocenters. The number of benzene rings is 1. The number of ether oxygens (including phenoxy) is 1. The quantitative estimate of drug-likeness (QED) is 0.595. The number of nitro groups is 1. The Morgan fingerprint density at radius 3 is 2.67 bits per heavy atom. The molecule has 0 saturated carbocycles. The molecule has 1 rings (SSSR count). The molecule has 1 atom stereocenters. The van der Waals surface area contributed by atoms with E-state index in [1.54, 1.807) is 18.2 Å². The summed E-state index contributed by atoms with van der Waals surface area (Å²) in [5.41, 5.74) is 0.536. The van der Waals surface area contributed by atoms with Crippen molar-refractivity contribution in [1.82, 2.24) is 0 Å². The summed E-state index contributed by atoms with van der Waals surface area (Å²) in [5.74, 6) is 0.288. The van der Waals surface area contributed by atoms with E-state index in [-0.39, 0.29) is 17.5 Å². The number of hydrogen-bond donors (Lipinski definition) is 1. The number of nitrogens with zero attached hydrogens (tertiary/aromatic N) is 1. The number of hydrogen-bond acceptors (Lipinski definition) is 4. The zero-order valence-electron chi connectivity index (χ0n) is 11.1. The highest BCUT2D eigenvalue weighted by atomic mass is 16.6. The molecule has 0 aliphatic carbocycles. The van der Waals surface area contributed by atoms with Gasteiger partial charge in [0.15, 0.2) is 5.75 Å². The maximum atomic E-state index is 11.1. The molecule has 0 aromatic heterocycles. The van der Waals surface area contributed by atoms with Crippen LogP contribution in [0.1, 0.15) is 33.1 Å². The fraction of sp³-hybridized carbons (Fsp3) is 0.538. The summed E-state index contributed by atoms with van der Waals surface area (Å²) in [6.45, 7) is 4.17. The fourth-order valence-corrected chi connectivity index (χ4v) is 1.94. The maximum absolute atomic E-state index is 11.1. The van der Waals surface area contributed by atoms with Gasteiger partial charge in [-0.1, -0.05) is 26.3 Å². The number of methoxy groups -OCH3 is 1. The highest BCUT2D eigenvalue weighted by molar-refractivity contribution is 5.68. The average Bonchev–Trinajstić information content (AvgIpc) is 2.37. The first-order valence-corrected chi connectivity index (χ1v) is 6.21. The molecule has 0 amide bonds. The third-order valence-corrected chi connectivity index (χ3v) is 2.89. The van der Waals surface area contributed by atoms with Crippen molar-refractivity contribution in [3.63, 3.8) is 0 Å². The molecule has 100 valence electrons. The molecule has 0 fully saturated rings. The van der Waals surface area contributed by atoms with Gasteiger partial charge in [0.1, 0.15) is 5.69 Å². The van der Waals surface area contributed by atoms with Crippen LogP contribution in [0.25, 0.3) is 0 Å². The highest BCUT2D eigenvalue weighted by Gasteiger charge is 2.21. The fourth-order valence-electron chi connectivity index (χ4n) is 1.94. The minimum absolute atomic E-state index is 0.00885. The smallest absolute Gasteiger partial charge is 0.333 e. The Morgan fingerprint density at radius 1 is 1.44 bits per heavy atom. The monoisotopic (exact) mass is 252 g/mol. The van der Waals surface area contributed by atoms with Crippen molar-refractivity contribution in [1.29, 1.82) is 0 Å². The molecule has 0 spiro atoms. The largest absolute Gasteiger partial charge is 0.490 e. The Bertz CT molecular complexity index is 407. The van der Waals surface area contributed by atoms with E-state index in [1.807, 2.05) is 0 Å². The molecular weight excluding hydrogens is 232 g/mol. The summed E-state index contributed by atoms with van der Waals surface area (Å²) in [4.78, 5) is 10.7. The molecule has 0 aliphatic heterocycles. The second-order valence-corrected chi connectivity index (χ2v) is 4.15. The van der Waals surface area contributed by atoms with Crippen molar-refractivity contribution in [2.24, 2.45) is 0 Å². The van der Waals surface area contributed by atoms with Crippen LogP contribution >= 0.6 is 0 Å². The lowest BCUT2D eigenvalue weighted by Crippen LogP contribution is -2.18. The van der Waals surface area contributed by atoms with Crippen molar-refractivity contribution in [3.8, 4) is 5.75 Å². The van der Waals surface area contributed by atoms with E-state index in [2.05, 4.69) is 19.2 Å². The molecule has 5 heteroatoms. The van der Waals surface area contributed by atoms with Crippen molar-refractivity contribution in [2.75, 3.05) is 12.4 Å². The third-order valence-electron chi connectivity index (χ3n) is 2.89. The molecular formula is C13H20N2O3. The van der Waals surface area contributed by atoms with E-state index in [0.29, 0.717) is 5.69 Å². The van der Waals surface area contributed by atoms with E-state index in [4.69, 9.17) is 4.74 Å². The van der Waals surface area contributed by atoms with Gasteiger partial charge in [-0.3, -0.25) is 10.1 Å². The van der Waals surface area contributed by atoms with Gasteiger partial charge in [0.05, 0.1) is 12.0 Å². The predicted octanol–water partition coefficient (Wildman–Crippen LogP) is 3.59. The SMILES string of the molecule is CCCC(CC)Nc1cccc(OC)c1[N+](=O)[O-]. The number of para-hydroxylation sites is 1. The van der Waals surface area contributed by atoms with Gasteiger partial charge >= 0.3 is 5.69 Å². The first-order chi connectivity index (χ1) is 8.63. The van der Waals surface area contributed by atoms with Crippen LogP contribution < -0.4 is 10.1 Å². The Labute approximate surface area is 107 Å². The lowest BCUT2D eigenvalue weighted by atomic mass is 10.1. The standard InChI is InChI=1S/C13H20N2O3/c1-4-7-10(5-2)14-11-8-6-9-12(18-3)13(11)15(16)17/h6,8-10,14H,4-5,7H2,1-3H3. The number of rotatable bonds is 7. The minimum atomic E-state index is -0.403. The van der Waals surface area contributed by atoms with Crippen molar-refractivity contribution in [3.05, 3.63) is 28.3 Å². The van der Waals surface area contributed by atoms with Crippen LogP contribution in [0.4, 0.5) is 11.4 Å². The van der Waals surface area contributed by atoms with Gasteiger partial charge in [-0.25, -0.2) is 0 Å². The Hall–Kier alpha value is -1.78. The lowest BCUT2D eigenvalue weighted by molar-refractivity contribution is -0.384. The molecule has 1 N–H and O–H groups in total. The van der Waals surface area contributed by atoms with Crippen LogP contribution in [0, 0.1) is 10.1 Å². The normalized spacial score (nSPS) is 11.9. The second-order valence-electron chi connectivity index (χ2n) is 4.15. The van der Waals surface area contributed by atoms with Crippen molar-refractivity contribution < 1.29 is 9.66 Å². The molecule has 0 bridgehead atoms. The molecule has 0 radical (unpaired) electrons. The van der Waals surface area contributed by atoms with Crippen LogP contribution in [0.5, 0.6) is 5.75 Å². The van der Waals surface area contributed by atoms with Crippen LogP contribution in [0.2, 0.25) is 0 Å². The van der Waals surface area contributed by atoms with Crippen molar-refractivity contribution >= 4 is 11.4 Å². The van der Waals surface area contributed by atoms with Crippen LogP contribution in [0.3, 0.4) is 0 Å². The number of nitrogens with one attached hydrogen (secondary N) is 1. The summed E-state index contributed by atoms with van der Waals surface area (Å²) < 4.78 is 5.04. The van der Waals surface area contributed by atoms with Gasteiger partial charge in [-0.2, -0.15) is 0 Å². The van der Waals surface area contributed by atoms with Gasteiger partial charge in [0.2, 0.25) is 0 Å². The van der Waals surface area contributed by atoms with Crippen LogP contribution in [-0.4, -0.2) is 18.1 Å². The molecule has 1 aromatic carbocycles. The summed E-state index contributed by atoms with van der Waals surface area (Å²) in [6, 6.07) is 5.33. The molecule has 0 heterocycles. The Morgan fingerprint density at radius 2 is 2.17 bits per heavy atom. The van der Waals surface area contributed by atoms with E-state index in [1.165, 1.54) is 7.11 Å². The minimum Gasteiger partial charge on any atom is -0.490 e. The van der Waals surface area contributed by atoms with Gasteiger partial charge in [0.25, 0.3) is 0 Å². The average molecular weight is 252 g/mol.